The van der Waals surface area contributed by atoms with Crippen molar-refractivity contribution < 1.29 is 32.8 Å². The molecule has 0 rings (SSSR count). The molecule has 322 valence electrons. The smallest absolute Gasteiger partial charge is 0.457 e. The van der Waals surface area contributed by atoms with Gasteiger partial charge in [0.1, 0.15) is 6.10 Å². The fourth-order valence-corrected chi connectivity index (χ4v) is 6.35. The van der Waals surface area contributed by atoms with Gasteiger partial charge in [0.25, 0.3) is 0 Å². The number of phosphoric ester groups is 1. The molecule has 0 spiro atoms. The van der Waals surface area contributed by atoms with Crippen molar-refractivity contribution in [2.24, 2.45) is 5.73 Å². The first-order valence-electron chi connectivity index (χ1n) is 22.1. The SMILES string of the molecule is CC/C=C\C/C=C\C/C=C\C/C=C\C/C=C\CCCCCCCC(=O)OC(COCCCCCCCC/C=C\C/C=C\CCCCC)COP(=O)(O)OCCN. The molecule has 0 aromatic carbocycles. The highest BCUT2D eigenvalue weighted by Crippen LogP contribution is 2.43. The maximum atomic E-state index is 12.6. The molecule has 0 bridgehead atoms. The maximum Gasteiger partial charge on any atom is 0.472 e. The summed E-state index contributed by atoms with van der Waals surface area (Å²) in [6, 6.07) is 0. The van der Waals surface area contributed by atoms with Crippen molar-refractivity contribution >= 4 is 13.8 Å². The summed E-state index contributed by atoms with van der Waals surface area (Å²) in [5.41, 5.74) is 5.37. The van der Waals surface area contributed by atoms with Gasteiger partial charge in [-0.05, 0) is 89.9 Å². The van der Waals surface area contributed by atoms with Crippen molar-refractivity contribution in [3.05, 3.63) is 85.1 Å². The van der Waals surface area contributed by atoms with Gasteiger partial charge in [-0.2, -0.15) is 0 Å². The van der Waals surface area contributed by atoms with Crippen LogP contribution in [0.4, 0.5) is 0 Å². The minimum absolute atomic E-state index is 0.0903. The van der Waals surface area contributed by atoms with E-state index in [2.05, 4.69) is 98.9 Å². The Kier molecular flexibility index (Phi) is 42.0. The van der Waals surface area contributed by atoms with Crippen LogP contribution in [0.2, 0.25) is 0 Å². The number of nitrogens with two attached hydrogens (primary N) is 1. The number of rotatable bonds is 41. The van der Waals surface area contributed by atoms with E-state index >= 15 is 0 Å². The van der Waals surface area contributed by atoms with Gasteiger partial charge < -0.3 is 20.1 Å². The fourth-order valence-electron chi connectivity index (χ4n) is 5.58. The number of unbranched alkanes of at least 4 members (excludes halogenated alkanes) is 14. The largest absolute Gasteiger partial charge is 0.472 e. The molecular formula is C47H82NO7P. The number of hydrogen-bond acceptors (Lipinski definition) is 7. The van der Waals surface area contributed by atoms with Gasteiger partial charge in [-0.25, -0.2) is 4.57 Å². The van der Waals surface area contributed by atoms with Crippen LogP contribution >= 0.6 is 7.82 Å². The van der Waals surface area contributed by atoms with Crippen molar-refractivity contribution in [2.75, 3.05) is 33.0 Å². The third-order valence-electron chi connectivity index (χ3n) is 8.80. The zero-order valence-corrected chi connectivity index (χ0v) is 36.5. The van der Waals surface area contributed by atoms with Crippen molar-refractivity contribution in [1.29, 1.82) is 0 Å². The molecule has 0 heterocycles. The van der Waals surface area contributed by atoms with E-state index in [1.807, 2.05) is 0 Å². The van der Waals surface area contributed by atoms with Gasteiger partial charge in [-0.1, -0.05) is 157 Å². The van der Waals surface area contributed by atoms with Crippen LogP contribution in [0, 0.1) is 0 Å². The minimum atomic E-state index is -4.29. The quantitative estimate of drug-likeness (QED) is 0.0272. The summed E-state index contributed by atoms with van der Waals surface area (Å²) >= 11 is 0. The Balaban J connectivity index is 4.11. The molecule has 0 fully saturated rings. The number of phosphoric acid groups is 1. The van der Waals surface area contributed by atoms with Crippen LogP contribution in [0.15, 0.2) is 85.1 Å². The molecule has 3 N–H and O–H groups in total. The molecule has 2 atom stereocenters. The third-order valence-corrected chi connectivity index (χ3v) is 9.78. The molecule has 0 aliphatic heterocycles. The third kappa shape index (κ3) is 42.8. The Hall–Kier alpha value is -2.32. The van der Waals surface area contributed by atoms with Crippen LogP contribution in [-0.4, -0.2) is 49.9 Å². The van der Waals surface area contributed by atoms with Crippen molar-refractivity contribution in [1.82, 2.24) is 0 Å². The summed E-state index contributed by atoms with van der Waals surface area (Å²) in [7, 11) is -4.29. The minimum Gasteiger partial charge on any atom is -0.457 e. The average Bonchev–Trinajstić information content (AvgIpc) is 3.19. The molecule has 0 saturated carbocycles. The Bertz CT molecular complexity index is 1130. The van der Waals surface area contributed by atoms with Gasteiger partial charge in [-0.3, -0.25) is 13.8 Å². The van der Waals surface area contributed by atoms with E-state index in [-0.39, 0.29) is 38.8 Å². The lowest BCUT2D eigenvalue weighted by Gasteiger charge is -2.20. The van der Waals surface area contributed by atoms with Crippen molar-refractivity contribution in [3.63, 3.8) is 0 Å². The summed E-state index contributed by atoms with van der Waals surface area (Å²) in [5, 5.41) is 0. The van der Waals surface area contributed by atoms with E-state index in [1.165, 1.54) is 44.9 Å². The van der Waals surface area contributed by atoms with Crippen molar-refractivity contribution in [3.8, 4) is 0 Å². The first kappa shape index (κ1) is 53.7. The summed E-state index contributed by atoms with van der Waals surface area (Å²) in [4.78, 5) is 22.5. The number of carbonyl (C=O) groups is 1. The summed E-state index contributed by atoms with van der Waals surface area (Å²) < 4.78 is 33.4. The zero-order chi connectivity index (χ0) is 40.9. The van der Waals surface area contributed by atoms with Crippen molar-refractivity contribution in [2.45, 2.75) is 174 Å². The predicted molar refractivity (Wildman–Crippen MR) is 238 cm³/mol. The molecule has 0 aliphatic rings. The lowest BCUT2D eigenvalue weighted by Crippen LogP contribution is -2.28. The van der Waals surface area contributed by atoms with Gasteiger partial charge in [0.15, 0.2) is 0 Å². The zero-order valence-electron chi connectivity index (χ0n) is 35.6. The monoisotopic (exact) mass is 804 g/mol. The highest BCUT2D eigenvalue weighted by molar-refractivity contribution is 7.47. The normalized spacial score (nSPS) is 14.3. The van der Waals surface area contributed by atoms with Crippen LogP contribution in [0.25, 0.3) is 0 Å². The lowest BCUT2D eigenvalue weighted by atomic mass is 10.1. The van der Waals surface area contributed by atoms with E-state index in [4.69, 9.17) is 24.3 Å². The highest BCUT2D eigenvalue weighted by atomic mass is 31.2. The first-order valence-corrected chi connectivity index (χ1v) is 23.6. The summed E-state index contributed by atoms with van der Waals surface area (Å²) in [5.74, 6) is -0.356. The second-order valence-corrected chi connectivity index (χ2v) is 15.6. The van der Waals surface area contributed by atoms with E-state index < -0.39 is 13.9 Å². The molecular weight excluding hydrogens is 721 g/mol. The lowest BCUT2D eigenvalue weighted by molar-refractivity contribution is -0.154. The number of allylic oxidation sites excluding steroid dienone is 14. The van der Waals surface area contributed by atoms with Gasteiger partial charge >= 0.3 is 13.8 Å². The molecule has 9 heteroatoms. The van der Waals surface area contributed by atoms with E-state index in [1.54, 1.807) is 0 Å². The van der Waals surface area contributed by atoms with Gasteiger partial charge in [0.05, 0.1) is 19.8 Å². The Morgan fingerprint density at radius 2 is 1.00 bits per heavy atom. The predicted octanol–water partition coefficient (Wildman–Crippen LogP) is 13.3. The molecule has 0 aromatic heterocycles. The van der Waals surface area contributed by atoms with Gasteiger partial charge in [-0.15, -0.1) is 0 Å². The first-order chi connectivity index (χ1) is 27.4. The Morgan fingerprint density at radius 1 is 0.554 bits per heavy atom. The molecule has 0 amide bonds. The number of carbonyl (C=O) groups excluding carboxylic acids is 1. The fraction of sp³-hybridized carbons (Fsp3) is 0.681. The summed E-state index contributed by atoms with van der Waals surface area (Å²) in [6.45, 7) is 4.71. The van der Waals surface area contributed by atoms with E-state index in [0.717, 1.165) is 103 Å². The van der Waals surface area contributed by atoms with Crippen LogP contribution in [0.5, 0.6) is 0 Å². The number of ether oxygens (including phenoxy) is 2. The Morgan fingerprint density at radius 3 is 1.50 bits per heavy atom. The van der Waals surface area contributed by atoms with E-state index in [9.17, 15) is 14.3 Å². The molecule has 0 radical (unpaired) electrons. The molecule has 2 unspecified atom stereocenters. The number of hydrogen-bond donors (Lipinski definition) is 2. The molecule has 8 nitrogen and oxygen atoms in total. The second kappa shape index (κ2) is 43.8. The molecule has 56 heavy (non-hydrogen) atoms. The molecule has 0 aliphatic carbocycles. The average molecular weight is 804 g/mol. The second-order valence-electron chi connectivity index (χ2n) is 14.2. The number of esters is 1. The van der Waals surface area contributed by atoms with Gasteiger partial charge in [0.2, 0.25) is 0 Å². The molecule has 0 saturated heterocycles. The molecule has 0 aromatic rings. The Labute approximate surface area is 343 Å². The standard InChI is InChI=1S/C47H82NO7P/c1-3-5-7-9-11-13-15-17-19-21-22-23-24-25-26-28-30-32-34-36-38-40-47(49)55-46(45-54-56(50,51)53-43-41-48)44-52-42-39-37-35-33-31-29-27-20-18-16-14-12-10-8-6-4-2/h5,7,11-14,17-20,22-23,25-26,46H,3-4,6,8-10,15-16,21,24,27-45,48H2,1-2H3,(H,50,51)/b7-5-,13-11-,14-12-,19-17-,20-18-,23-22-,26-25-. The highest BCUT2D eigenvalue weighted by Gasteiger charge is 2.25. The van der Waals surface area contributed by atoms with Crippen LogP contribution < -0.4 is 5.73 Å². The van der Waals surface area contributed by atoms with Gasteiger partial charge in [0, 0.05) is 19.6 Å². The summed E-state index contributed by atoms with van der Waals surface area (Å²) in [6.07, 6.45) is 56.0. The van der Waals surface area contributed by atoms with Crippen LogP contribution in [0.1, 0.15) is 168 Å². The topological polar surface area (TPSA) is 117 Å². The maximum absolute atomic E-state index is 12.6. The van der Waals surface area contributed by atoms with E-state index in [0.29, 0.717) is 6.61 Å². The van der Waals surface area contributed by atoms with Crippen LogP contribution in [-0.2, 0) is 27.9 Å². The van der Waals surface area contributed by atoms with Crippen LogP contribution in [0.3, 0.4) is 0 Å².